The Bertz CT molecular complexity index is 988. The van der Waals surface area contributed by atoms with Gasteiger partial charge < -0.3 is 9.47 Å². The van der Waals surface area contributed by atoms with E-state index in [2.05, 4.69) is 21.2 Å². The molecule has 0 aliphatic carbocycles. The Kier molecular flexibility index (Phi) is 6.95. The van der Waals surface area contributed by atoms with Crippen molar-refractivity contribution in [2.45, 2.75) is 63.7 Å². The third kappa shape index (κ3) is 5.11. The molecule has 9 heteroatoms. The van der Waals surface area contributed by atoms with E-state index in [4.69, 9.17) is 14.6 Å². The molecule has 1 unspecified atom stereocenters. The van der Waals surface area contributed by atoms with Gasteiger partial charge in [0.1, 0.15) is 5.75 Å². The van der Waals surface area contributed by atoms with Crippen LogP contribution in [0.4, 0.5) is 0 Å². The molecule has 1 fully saturated rings. The maximum absolute atomic E-state index is 12.8. The lowest BCUT2D eigenvalue weighted by molar-refractivity contribution is 0.108. The highest BCUT2D eigenvalue weighted by molar-refractivity contribution is 7.89. The fourth-order valence-corrected chi connectivity index (χ4v) is 5.54. The summed E-state index contributed by atoms with van der Waals surface area (Å²) < 4.78 is 41.8. The number of sulfonamides is 1. The van der Waals surface area contributed by atoms with E-state index in [9.17, 15) is 8.42 Å². The first-order valence-corrected chi connectivity index (χ1v) is 12.6. The minimum atomic E-state index is -3.56. The van der Waals surface area contributed by atoms with Gasteiger partial charge in [-0.25, -0.2) is 13.1 Å². The normalized spacial score (nSPS) is 19.5. The first-order valence-electron chi connectivity index (χ1n) is 11.1. The summed E-state index contributed by atoms with van der Waals surface area (Å²) in [6.07, 6.45) is 2.60. The summed E-state index contributed by atoms with van der Waals surface area (Å²) in [6.45, 7) is 9.21. The number of hydrogen-bond donors (Lipinski definition) is 1. The van der Waals surface area contributed by atoms with E-state index in [-0.39, 0.29) is 10.9 Å². The first-order chi connectivity index (χ1) is 15.0. The highest BCUT2D eigenvalue weighted by Crippen LogP contribution is 2.24. The predicted molar refractivity (Wildman–Crippen MR) is 117 cm³/mol. The van der Waals surface area contributed by atoms with Crippen molar-refractivity contribution in [3.63, 3.8) is 0 Å². The molecule has 0 amide bonds. The molecule has 1 aromatic heterocycles. The molecule has 4 rings (SSSR count). The molecule has 3 heterocycles. The molecular weight excluding hydrogens is 416 g/mol. The van der Waals surface area contributed by atoms with Gasteiger partial charge in [-0.2, -0.15) is 5.10 Å². The number of rotatable bonds is 9. The van der Waals surface area contributed by atoms with Gasteiger partial charge in [0, 0.05) is 49.9 Å². The molecule has 0 saturated carbocycles. The molecule has 2 aliphatic rings. The maximum atomic E-state index is 12.8. The summed E-state index contributed by atoms with van der Waals surface area (Å²) in [5.74, 6) is 0.687. The van der Waals surface area contributed by atoms with Crippen molar-refractivity contribution in [2.24, 2.45) is 0 Å². The lowest BCUT2D eigenvalue weighted by Gasteiger charge is -2.18. The summed E-state index contributed by atoms with van der Waals surface area (Å²) in [7, 11) is -3.56. The van der Waals surface area contributed by atoms with Crippen LogP contribution < -0.4 is 9.46 Å². The molecule has 31 heavy (non-hydrogen) atoms. The number of fused-ring (bicyclic) bond motifs is 1. The summed E-state index contributed by atoms with van der Waals surface area (Å²) in [5.41, 5.74) is 3.55. The second-order valence-corrected chi connectivity index (χ2v) is 9.87. The van der Waals surface area contributed by atoms with Crippen molar-refractivity contribution in [3.8, 4) is 5.75 Å². The first kappa shape index (κ1) is 22.3. The van der Waals surface area contributed by atoms with Crippen molar-refractivity contribution >= 4 is 10.0 Å². The molecule has 0 spiro atoms. The van der Waals surface area contributed by atoms with E-state index < -0.39 is 10.0 Å². The van der Waals surface area contributed by atoms with Crippen LogP contribution in [0.1, 0.15) is 43.6 Å². The van der Waals surface area contributed by atoms with Crippen LogP contribution in [-0.4, -0.2) is 55.4 Å². The van der Waals surface area contributed by atoms with Crippen LogP contribution in [0.15, 0.2) is 29.2 Å². The quantitative estimate of drug-likeness (QED) is 0.634. The molecule has 1 aromatic carbocycles. The summed E-state index contributed by atoms with van der Waals surface area (Å²) in [4.78, 5) is 2.54. The minimum Gasteiger partial charge on any atom is -0.494 e. The number of ether oxygens (including phenoxy) is 2. The molecule has 2 aromatic rings. The average molecular weight is 449 g/mol. The zero-order chi connectivity index (χ0) is 21.8. The molecule has 0 bridgehead atoms. The molecular formula is C22H32N4O4S. The van der Waals surface area contributed by atoms with Crippen molar-refractivity contribution in [2.75, 3.05) is 26.3 Å². The minimum absolute atomic E-state index is 0.110. The fraction of sp³-hybridized carbons (Fsp3) is 0.591. The van der Waals surface area contributed by atoms with E-state index in [1.165, 1.54) is 11.3 Å². The summed E-state index contributed by atoms with van der Waals surface area (Å²) in [5, 5.41) is 4.79. The third-order valence-electron chi connectivity index (χ3n) is 5.85. The fourth-order valence-electron chi connectivity index (χ4n) is 4.27. The topological polar surface area (TPSA) is 85.7 Å². The van der Waals surface area contributed by atoms with Crippen molar-refractivity contribution in [1.82, 2.24) is 19.4 Å². The van der Waals surface area contributed by atoms with Crippen LogP contribution >= 0.6 is 0 Å². The number of aryl methyl sites for hydroxylation is 1. The van der Waals surface area contributed by atoms with Crippen LogP contribution in [0.25, 0.3) is 0 Å². The Balaban J connectivity index is 1.36. The highest BCUT2D eigenvalue weighted by Gasteiger charge is 2.29. The maximum Gasteiger partial charge on any atom is 0.240 e. The molecule has 8 nitrogen and oxygen atoms in total. The number of nitrogens with one attached hydrogen (secondary N) is 1. The van der Waals surface area contributed by atoms with E-state index in [0.29, 0.717) is 25.5 Å². The van der Waals surface area contributed by atoms with Crippen LogP contribution in [-0.2, 0) is 40.9 Å². The number of hydrogen-bond acceptors (Lipinski definition) is 6. The van der Waals surface area contributed by atoms with Crippen LogP contribution in [0, 0.1) is 0 Å². The van der Waals surface area contributed by atoms with Gasteiger partial charge in [-0.15, -0.1) is 0 Å². The zero-order valence-electron chi connectivity index (χ0n) is 18.3. The van der Waals surface area contributed by atoms with Gasteiger partial charge >= 0.3 is 0 Å². The molecule has 1 saturated heterocycles. The van der Waals surface area contributed by atoms with Gasteiger partial charge in [0.2, 0.25) is 10.0 Å². The third-order valence-corrected chi connectivity index (χ3v) is 7.39. The van der Waals surface area contributed by atoms with Crippen molar-refractivity contribution < 1.29 is 17.9 Å². The molecule has 2 aliphatic heterocycles. The standard InChI is InChI=1S/C22H32N4O4S/c1-3-12-30-18-5-7-19(8-6-18)31(27,28)24-17-9-11-25(14-17)15-21-20-16-29-13-10-22(20)26(4-2)23-21/h5-8,17,24H,3-4,9-16H2,1-2H3. The van der Waals surface area contributed by atoms with Crippen LogP contribution in [0.2, 0.25) is 0 Å². The average Bonchev–Trinajstić information content (AvgIpc) is 3.36. The largest absolute Gasteiger partial charge is 0.494 e. The van der Waals surface area contributed by atoms with Crippen LogP contribution in [0.5, 0.6) is 5.75 Å². The number of aromatic nitrogens is 2. The van der Waals surface area contributed by atoms with Crippen molar-refractivity contribution in [1.29, 1.82) is 0 Å². The Morgan fingerprint density at radius 2 is 2.06 bits per heavy atom. The second kappa shape index (κ2) is 9.68. The lowest BCUT2D eigenvalue weighted by Crippen LogP contribution is -2.37. The van der Waals surface area contributed by atoms with Gasteiger partial charge in [-0.05, 0) is 44.0 Å². The smallest absolute Gasteiger partial charge is 0.240 e. The van der Waals surface area contributed by atoms with E-state index in [1.807, 2.05) is 6.92 Å². The Labute approximate surface area is 184 Å². The van der Waals surface area contributed by atoms with Gasteiger partial charge in [0.15, 0.2) is 0 Å². The summed E-state index contributed by atoms with van der Waals surface area (Å²) >= 11 is 0. The number of nitrogens with zero attached hydrogens (tertiary/aromatic N) is 3. The Morgan fingerprint density at radius 3 is 2.81 bits per heavy atom. The molecule has 0 radical (unpaired) electrons. The van der Waals surface area contributed by atoms with E-state index in [1.54, 1.807) is 24.3 Å². The number of benzene rings is 1. The van der Waals surface area contributed by atoms with Crippen LogP contribution in [0.3, 0.4) is 0 Å². The second-order valence-electron chi connectivity index (χ2n) is 8.15. The SMILES string of the molecule is CCCOc1ccc(S(=O)(=O)NC2CCN(Cc3nn(CC)c4c3COCC4)C2)cc1. The zero-order valence-corrected chi connectivity index (χ0v) is 19.2. The lowest BCUT2D eigenvalue weighted by atomic mass is 10.1. The number of likely N-dealkylation sites (tertiary alicyclic amines) is 1. The predicted octanol–water partition coefficient (Wildman–Crippen LogP) is 2.32. The Hall–Kier alpha value is -1.94. The van der Waals surface area contributed by atoms with E-state index >= 15 is 0 Å². The van der Waals surface area contributed by atoms with Gasteiger partial charge in [-0.3, -0.25) is 9.58 Å². The van der Waals surface area contributed by atoms with Gasteiger partial charge in [0.05, 0.1) is 30.4 Å². The monoisotopic (exact) mass is 448 g/mol. The molecule has 1 atom stereocenters. The van der Waals surface area contributed by atoms with Crippen molar-refractivity contribution in [3.05, 3.63) is 41.2 Å². The Morgan fingerprint density at radius 1 is 1.26 bits per heavy atom. The van der Waals surface area contributed by atoms with E-state index in [0.717, 1.165) is 51.2 Å². The summed E-state index contributed by atoms with van der Waals surface area (Å²) in [6, 6.07) is 6.51. The van der Waals surface area contributed by atoms with Gasteiger partial charge in [-0.1, -0.05) is 6.92 Å². The molecule has 170 valence electrons. The van der Waals surface area contributed by atoms with Gasteiger partial charge in [0.25, 0.3) is 0 Å². The highest BCUT2D eigenvalue weighted by atomic mass is 32.2. The molecule has 1 N–H and O–H groups in total.